The summed E-state index contributed by atoms with van der Waals surface area (Å²) in [6.07, 6.45) is 1.80. The van der Waals surface area contributed by atoms with Crippen molar-refractivity contribution in [3.8, 4) is 5.82 Å². The van der Waals surface area contributed by atoms with Crippen LogP contribution in [0.1, 0.15) is 33.9 Å². The van der Waals surface area contributed by atoms with Gasteiger partial charge in [0, 0.05) is 17.9 Å². The minimum absolute atomic E-state index is 0.0476. The molecule has 0 saturated heterocycles. The quantitative estimate of drug-likeness (QED) is 0.597. The lowest BCUT2D eigenvalue weighted by atomic mass is 10.0. The summed E-state index contributed by atoms with van der Waals surface area (Å²) in [6.45, 7) is 3.98. The van der Waals surface area contributed by atoms with Crippen LogP contribution in [-0.4, -0.2) is 39.8 Å². The largest absolute Gasteiger partial charge is 0.451 e. The zero-order valence-electron chi connectivity index (χ0n) is 16.8. The summed E-state index contributed by atoms with van der Waals surface area (Å²) in [5, 5.41) is 4.52. The average molecular weight is 425 g/mol. The van der Waals surface area contributed by atoms with Crippen LogP contribution in [-0.2, 0) is 16.0 Å². The van der Waals surface area contributed by atoms with Gasteiger partial charge in [0.1, 0.15) is 0 Å². The van der Waals surface area contributed by atoms with Crippen LogP contribution in [0.25, 0.3) is 5.82 Å². The molecule has 0 radical (unpaired) electrons. The van der Waals surface area contributed by atoms with Gasteiger partial charge in [0.15, 0.2) is 18.1 Å². The molecule has 154 valence electrons. The monoisotopic (exact) mass is 424 g/mol. The highest BCUT2D eigenvalue weighted by atomic mass is 35.5. The smallest absolute Gasteiger partial charge is 0.359 e. The number of hydrogen-bond acceptors (Lipinski definition) is 5. The van der Waals surface area contributed by atoms with Crippen molar-refractivity contribution in [2.75, 3.05) is 18.1 Å². The van der Waals surface area contributed by atoms with Gasteiger partial charge < -0.3 is 9.64 Å². The molecule has 0 saturated carbocycles. The van der Waals surface area contributed by atoms with Gasteiger partial charge in [-0.3, -0.25) is 4.79 Å². The van der Waals surface area contributed by atoms with E-state index < -0.39 is 5.97 Å². The fourth-order valence-electron chi connectivity index (χ4n) is 3.62. The number of amides is 1. The molecule has 4 rings (SSSR count). The predicted molar refractivity (Wildman–Crippen MR) is 113 cm³/mol. The number of ether oxygens (including phenoxy) is 1. The van der Waals surface area contributed by atoms with Gasteiger partial charge in [-0.25, -0.2) is 14.5 Å². The summed E-state index contributed by atoms with van der Waals surface area (Å²) in [7, 11) is 0. The van der Waals surface area contributed by atoms with Crippen molar-refractivity contribution in [2.45, 2.75) is 26.7 Å². The van der Waals surface area contributed by atoms with Crippen LogP contribution in [0, 0.1) is 13.8 Å². The van der Waals surface area contributed by atoms with E-state index in [0.29, 0.717) is 12.4 Å². The Morgan fingerprint density at radius 1 is 1.17 bits per heavy atom. The number of esters is 1. The minimum atomic E-state index is -0.748. The third-order valence-corrected chi connectivity index (χ3v) is 5.29. The van der Waals surface area contributed by atoms with E-state index >= 15 is 0 Å². The maximum atomic E-state index is 12.7. The van der Waals surface area contributed by atoms with Crippen LogP contribution in [0.3, 0.4) is 0 Å². The number of fused-ring (bicyclic) bond motifs is 1. The van der Waals surface area contributed by atoms with E-state index in [1.54, 1.807) is 21.7 Å². The first kappa shape index (κ1) is 20.1. The van der Waals surface area contributed by atoms with E-state index in [9.17, 15) is 9.59 Å². The number of halogens is 1. The predicted octanol–water partition coefficient (Wildman–Crippen LogP) is 3.67. The standard InChI is InChI=1S/C22H21ClN4O3/c1-14-12-15(2)27(25-14)19-10-9-17(23)21(24-19)22(29)30-13-20(28)26-11-5-7-16-6-3-4-8-18(16)26/h3-4,6,8-10,12H,5,7,11,13H2,1-2H3. The zero-order valence-corrected chi connectivity index (χ0v) is 17.5. The highest BCUT2D eigenvalue weighted by Gasteiger charge is 2.24. The molecule has 2 aromatic heterocycles. The second kappa shape index (κ2) is 8.28. The number of aryl methyl sites for hydroxylation is 3. The van der Waals surface area contributed by atoms with E-state index in [2.05, 4.69) is 10.1 Å². The average Bonchev–Trinajstić information content (AvgIpc) is 3.09. The van der Waals surface area contributed by atoms with Crippen LogP contribution in [0.15, 0.2) is 42.5 Å². The van der Waals surface area contributed by atoms with E-state index in [-0.39, 0.29) is 23.2 Å². The second-order valence-corrected chi connectivity index (χ2v) is 7.60. The molecule has 1 aromatic carbocycles. The van der Waals surface area contributed by atoms with Gasteiger partial charge in [-0.1, -0.05) is 29.8 Å². The number of carbonyl (C=O) groups excluding carboxylic acids is 2. The molecule has 1 amide bonds. The summed E-state index contributed by atoms with van der Waals surface area (Å²) in [6, 6.07) is 12.9. The molecule has 0 N–H and O–H groups in total. The number of benzene rings is 1. The normalized spacial score (nSPS) is 13.1. The maximum Gasteiger partial charge on any atom is 0.359 e. The molecule has 0 atom stereocenters. The Kier molecular flexibility index (Phi) is 5.55. The lowest BCUT2D eigenvalue weighted by Crippen LogP contribution is -2.38. The Labute approximate surface area is 179 Å². The molecule has 0 aliphatic carbocycles. The number of para-hydroxylation sites is 1. The van der Waals surface area contributed by atoms with Gasteiger partial charge in [-0.2, -0.15) is 5.10 Å². The Morgan fingerprint density at radius 2 is 1.97 bits per heavy atom. The number of nitrogens with zero attached hydrogens (tertiary/aromatic N) is 4. The van der Waals surface area contributed by atoms with Gasteiger partial charge in [-0.15, -0.1) is 0 Å². The van der Waals surface area contributed by atoms with Crippen LogP contribution in [0.5, 0.6) is 0 Å². The molecule has 0 fully saturated rings. The summed E-state index contributed by atoms with van der Waals surface area (Å²) in [5.74, 6) is -0.573. The first-order valence-electron chi connectivity index (χ1n) is 9.69. The van der Waals surface area contributed by atoms with Crippen molar-refractivity contribution < 1.29 is 14.3 Å². The number of rotatable bonds is 4. The molecular formula is C22H21ClN4O3. The lowest BCUT2D eigenvalue weighted by molar-refractivity contribution is -0.121. The Morgan fingerprint density at radius 3 is 2.73 bits per heavy atom. The van der Waals surface area contributed by atoms with Crippen molar-refractivity contribution in [2.24, 2.45) is 0 Å². The Bertz CT molecular complexity index is 1130. The van der Waals surface area contributed by atoms with E-state index in [1.165, 1.54) is 0 Å². The van der Waals surface area contributed by atoms with Gasteiger partial charge in [0.2, 0.25) is 0 Å². The molecule has 7 nitrogen and oxygen atoms in total. The number of hydrogen-bond donors (Lipinski definition) is 0. The summed E-state index contributed by atoms with van der Waals surface area (Å²) in [4.78, 5) is 31.3. The summed E-state index contributed by atoms with van der Waals surface area (Å²) >= 11 is 6.17. The molecule has 1 aliphatic heterocycles. The van der Waals surface area contributed by atoms with Crippen molar-refractivity contribution in [3.05, 3.63) is 70.1 Å². The van der Waals surface area contributed by atoms with E-state index in [0.717, 1.165) is 35.5 Å². The number of aromatic nitrogens is 3. The van der Waals surface area contributed by atoms with Crippen molar-refractivity contribution >= 4 is 29.2 Å². The molecule has 3 heterocycles. The highest BCUT2D eigenvalue weighted by Crippen LogP contribution is 2.27. The molecule has 0 bridgehead atoms. The molecule has 8 heteroatoms. The lowest BCUT2D eigenvalue weighted by Gasteiger charge is -2.29. The molecule has 0 spiro atoms. The van der Waals surface area contributed by atoms with Gasteiger partial charge in [0.25, 0.3) is 5.91 Å². The molecule has 0 unspecified atom stereocenters. The SMILES string of the molecule is Cc1cc(C)n(-c2ccc(Cl)c(C(=O)OCC(=O)N3CCCc4ccccc43)n2)n1. The van der Waals surface area contributed by atoms with Crippen LogP contribution >= 0.6 is 11.6 Å². The number of anilines is 1. The first-order valence-corrected chi connectivity index (χ1v) is 10.1. The fourth-order valence-corrected chi connectivity index (χ4v) is 3.80. The van der Waals surface area contributed by atoms with Crippen LogP contribution in [0.4, 0.5) is 5.69 Å². The number of pyridine rings is 1. The van der Waals surface area contributed by atoms with Gasteiger partial charge >= 0.3 is 5.97 Å². The molecule has 1 aliphatic rings. The van der Waals surface area contributed by atoms with Crippen LogP contribution < -0.4 is 4.90 Å². The third-order valence-electron chi connectivity index (χ3n) is 4.99. The van der Waals surface area contributed by atoms with E-state index in [1.807, 2.05) is 44.2 Å². The Hall–Kier alpha value is -3.19. The Balaban J connectivity index is 1.49. The van der Waals surface area contributed by atoms with Crippen LogP contribution in [0.2, 0.25) is 5.02 Å². The summed E-state index contributed by atoms with van der Waals surface area (Å²) < 4.78 is 6.88. The maximum absolute atomic E-state index is 12.7. The first-order chi connectivity index (χ1) is 14.4. The fraction of sp³-hybridized carbons (Fsp3) is 0.273. The minimum Gasteiger partial charge on any atom is -0.451 e. The molecule has 30 heavy (non-hydrogen) atoms. The zero-order chi connectivity index (χ0) is 21.3. The topological polar surface area (TPSA) is 77.3 Å². The summed E-state index contributed by atoms with van der Waals surface area (Å²) in [5.41, 5.74) is 3.65. The van der Waals surface area contributed by atoms with E-state index in [4.69, 9.17) is 16.3 Å². The van der Waals surface area contributed by atoms with Crippen molar-refractivity contribution in [3.63, 3.8) is 0 Å². The van der Waals surface area contributed by atoms with Gasteiger partial charge in [0.05, 0.1) is 10.7 Å². The molecule has 3 aromatic rings. The number of carbonyl (C=O) groups is 2. The third kappa shape index (κ3) is 3.93. The van der Waals surface area contributed by atoms with Crippen molar-refractivity contribution in [1.29, 1.82) is 0 Å². The second-order valence-electron chi connectivity index (χ2n) is 7.19. The highest BCUT2D eigenvalue weighted by molar-refractivity contribution is 6.33. The van der Waals surface area contributed by atoms with Gasteiger partial charge in [-0.05, 0) is 56.5 Å². The van der Waals surface area contributed by atoms with Crippen molar-refractivity contribution in [1.82, 2.24) is 14.8 Å². The molecular weight excluding hydrogens is 404 g/mol.